The van der Waals surface area contributed by atoms with Crippen molar-refractivity contribution in [3.63, 3.8) is 0 Å². The van der Waals surface area contributed by atoms with Crippen molar-refractivity contribution in [2.75, 3.05) is 48.1 Å². The van der Waals surface area contributed by atoms with Crippen LogP contribution < -0.4 is 30.4 Å². The first-order chi connectivity index (χ1) is 23.7. The van der Waals surface area contributed by atoms with Crippen LogP contribution in [0.4, 0.5) is 27.7 Å². The normalized spacial score (nSPS) is 14.9. The molecule has 2 aliphatic rings. The molecule has 5 rings (SSSR count). The molecule has 0 atom stereocenters. The molecule has 21 heteroatoms. The van der Waals surface area contributed by atoms with E-state index in [4.69, 9.17) is 37.7 Å². The van der Waals surface area contributed by atoms with Crippen molar-refractivity contribution in [1.82, 2.24) is 29.2 Å². The van der Waals surface area contributed by atoms with Gasteiger partial charge in [0.05, 0.1) is 25.1 Å². The van der Waals surface area contributed by atoms with Crippen molar-refractivity contribution >= 4 is 65.9 Å². The van der Waals surface area contributed by atoms with Crippen LogP contribution in [-0.2, 0) is 27.1 Å². The number of halogens is 2. The van der Waals surface area contributed by atoms with Gasteiger partial charge in [0.25, 0.3) is 5.91 Å². The first-order valence-electron chi connectivity index (χ1n) is 15.4. The van der Waals surface area contributed by atoms with E-state index in [1.165, 1.54) is 28.6 Å². The zero-order valence-corrected chi connectivity index (χ0v) is 31.4. The standard InChI is InChI=1S/C18H17FN4O2S.C9H16ClN5.C3H8NO5P/c1-4-5-22-13-7-12(11(19)6-14(13)25-9-16(22)24)20-17-23-10-18(2,3)8-15(23)21-26-17;1-5-11-7-12-6(10)13-8(14-7)15-9(2,3)4;5-3(6)1-4-2-10(7,8)9/h1,6-7H,5,8-10H2,2-3H3;5H2,1-4H3,(H2,11,12,13,14,15);4H,1-2H2,(H,5,6)(H2,7,8,9)/b20-17-;;. The van der Waals surface area contributed by atoms with E-state index in [1.54, 1.807) is 0 Å². The number of amides is 1. The first-order valence-corrected chi connectivity index (χ1v) is 18.4. The number of hydrogen-bond donors (Lipinski definition) is 6. The number of rotatable bonds is 9. The summed E-state index contributed by atoms with van der Waals surface area (Å²) in [4.78, 5) is 56.8. The van der Waals surface area contributed by atoms with E-state index in [9.17, 15) is 18.5 Å². The van der Waals surface area contributed by atoms with Crippen molar-refractivity contribution in [2.24, 2.45) is 10.4 Å². The van der Waals surface area contributed by atoms with Gasteiger partial charge >= 0.3 is 13.6 Å². The van der Waals surface area contributed by atoms with E-state index in [1.807, 2.05) is 32.3 Å². The van der Waals surface area contributed by atoms with Crippen LogP contribution in [0.3, 0.4) is 0 Å². The van der Waals surface area contributed by atoms with Gasteiger partial charge < -0.3 is 34.8 Å². The lowest BCUT2D eigenvalue weighted by Crippen LogP contribution is -2.39. The second-order valence-electron chi connectivity index (χ2n) is 13.0. The molecular formula is C30H41ClFN10O7PS. The average Bonchev–Trinajstić information content (AvgIpc) is 3.49. The number of hydrogen-bond acceptors (Lipinski definition) is 13. The Balaban J connectivity index is 0.000000238. The summed E-state index contributed by atoms with van der Waals surface area (Å²) < 4.78 is 36.4. The number of carbonyl (C=O) groups is 2. The van der Waals surface area contributed by atoms with Crippen molar-refractivity contribution in [3.8, 4) is 18.1 Å². The van der Waals surface area contributed by atoms with Gasteiger partial charge in [0.2, 0.25) is 22.0 Å². The molecule has 0 fully saturated rings. The molecule has 0 aliphatic carbocycles. The molecule has 51 heavy (non-hydrogen) atoms. The van der Waals surface area contributed by atoms with Gasteiger partial charge in [-0.2, -0.15) is 19.3 Å². The minimum absolute atomic E-state index is 0.0964. The lowest BCUT2D eigenvalue weighted by Gasteiger charge is -2.28. The SMILES string of the molecule is C#CCN1C(=O)COc2cc(F)c(/N=c3\snc4n3CC(C)(C)C4)cc21.CCNc1nc(Cl)nc(NC(C)(C)C)n1.O=C(O)CNCP(=O)(O)O. The maximum absolute atomic E-state index is 14.5. The molecule has 1 aromatic carbocycles. The molecule has 2 aliphatic heterocycles. The maximum atomic E-state index is 14.5. The molecule has 0 saturated carbocycles. The second kappa shape index (κ2) is 17.4. The summed E-state index contributed by atoms with van der Waals surface area (Å²) in [6.45, 7) is 13.4. The van der Waals surface area contributed by atoms with Crippen LogP contribution >= 0.6 is 30.7 Å². The summed E-state index contributed by atoms with van der Waals surface area (Å²) in [5.74, 6) is 2.75. The smallest absolute Gasteiger partial charge is 0.339 e. The quantitative estimate of drug-likeness (QED) is 0.136. The van der Waals surface area contributed by atoms with Crippen LogP contribution in [0.2, 0.25) is 5.28 Å². The molecule has 6 N–H and O–H groups in total. The largest absolute Gasteiger partial charge is 0.481 e. The summed E-state index contributed by atoms with van der Waals surface area (Å²) in [5.41, 5.74) is 0.575. The molecule has 2 aromatic heterocycles. The number of nitrogens with one attached hydrogen (secondary N) is 3. The number of carboxylic acid groups (broad SMARTS) is 1. The van der Waals surface area contributed by atoms with Crippen molar-refractivity contribution < 1.29 is 38.2 Å². The Labute approximate surface area is 303 Å². The van der Waals surface area contributed by atoms with E-state index in [-0.39, 0.29) is 41.0 Å². The third-order valence-corrected chi connectivity index (χ3v) is 8.04. The van der Waals surface area contributed by atoms with Gasteiger partial charge in [-0.05, 0) is 50.8 Å². The average molecular weight is 771 g/mol. The summed E-state index contributed by atoms with van der Waals surface area (Å²) in [6.07, 6.45) is 5.62. The Hall–Kier alpha value is -4.18. The number of ether oxygens (including phenoxy) is 1. The number of terminal acetylenes is 1. The van der Waals surface area contributed by atoms with E-state index in [2.05, 4.69) is 60.0 Å². The minimum Gasteiger partial charge on any atom is -0.481 e. The highest BCUT2D eigenvalue weighted by Gasteiger charge is 2.31. The lowest BCUT2D eigenvalue weighted by molar-refractivity contribution is -0.135. The lowest BCUT2D eigenvalue weighted by atomic mass is 9.92. The Kier molecular flexibility index (Phi) is 14.0. The fraction of sp³-hybridized carbons (Fsp3) is 0.500. The summed E-state index contributed by atoms with van der Waals surface area (Å²) in [5, 5.41) is 16.4. The third kappa shape index (κ3) is 13.1. The zero-order valence-electron chi connectivity index (χ0n) is 28.9. The van der Waals surface area contributed by atoms with Crippen molar-refractivity contribution in [1.29, 1.82) is 0 Å². The molecule has 0 spiro atoms. The van der Waals surface area contributed by atoms with Crippen LogP contribution in [0.5, 0.6) is 5.75 Å². The minimum atomic E-state index is -4.10. The summed E-state index contributed by atoms with van der Waals surface area (Å²) >= 11 is 7.01. The molecule has 3 aromatic rings. The molecule has 4 heterocycles. The summed E-state index contributed by atoms with van der Waals surface area (Å²) in [6, 6.07) is 2.76. The van der Waals surface area contributed by atoms with Gasteiger partial charge in [-0.1, -0.05) is 19.8 Å². The highest BCUT2D eigenvalue weighted by molar-refractivity contribution is 7.51. The van der Waals surface area contributed by atoms with E-state index < -0.39 is 32.2 Å². The van der Waals surface area contributed by atoms with Gasteiger partial charge in [-0.15, -0.1) is 6.42 Å². The number of carboxylic acids is 1. The number of aliphatic carboxylic acids is 1. The Morgan fingerprint density at radius 3 is 2.55 bits per heavy atom. The van der Waals surface area contributed by atoms with Crippen molar-refractivity contribution in [2.45, 2.75) is 60.0 Å². The Bertz CT molecular complexity index is 1890. The van der Waals surface area contributed by atoms with E-state index in [0.29, 0.717) is 28.1 Å². The van der Waals surface area contributed by atoms with Crippen LogP contribution in [0.15, 0.2) is 17.1 Å². The zero-order chi connectivity index (χ0) is 38.1. The Morgan fingerprint density at radius 1 is 1.25 bits per heavy atom. The highest BCUT2D eigenvalue weighted by atomic mass is 35.5. The van der Waals surface area contributed by atoms with E-state index in [0.717, 1.165) is 25.3 Å². The van der Waals surface area contributed by atoms with Crippen LogP contribution in [0, 0.1) is 23.6 Å². The number of aromatic nitrogens is 5. The maximum Gasteiger partial charge on any atom is 0.339 e. The van der Waals surface area contributed by atoms with Gasteiger partial charge in [-0.25, -0.2) is 9.38 Å². The van der Waals surface area contributed by atoms with E-state index >= 15 is 0 Å². The molecule has 0 saturated heterocycles. The number of carbonyl (C=O) groups excluding carboxylic acids is 1. The fourth-order valence-electron chi connectivity index (χ4n) is 4.53. The van der Waals surface area contributed by atoms with Crippen LogP contribution in [0.25, 0.3) is 0 Å². The van der Waals surface area contributed by atoms with Gasteiger partial charge in [-0.3, -0.25) is 24.4 Å². The van der Waals surface area contributed by atoms with Gasteiger partial charge in [0, 0.05) is 42.6 Å². The topological polar surface area (TPSA) is 229 Å². The fourth-order valence-corrected chi connectivity index (χ4v) is 5.85. The molecule has 278 valence electrons. The number of nitrogens with zero attached hydrogens (tertiary/aromatic N) is 7. The highest BCUT2D eigenvalue weighted by Crippen LogP contribution is 2.37. The van der Waals surface area contributed by atoms with Gasteiger partial charge in [0.15, 0.2) is 12.4 Å². The predicted octanol–water partition coefficient (Wildman–Crippen LogP) is 3.22. The second-order valence-corrected chi connectivity index (χ2v) is 15.7. The van der Waals surface area contributed by atoms with Crippen molar-refractivity contribution in [3.05, 3.63) is 33.9 Å². The summed E-state index contributed by atoms with van der Waals surface area (Å²) in [7, 11) is -4.10. The monoisotopic (exact) mass is 770 g/mol. The van der Waals surface area contributed by atoms with Gasteiger partial charge in [0.1, 0.15) is 17.3 Å². The first kappa shape index (κ1) is 41.2. The third-order valence-electron chi connectivity index (χ3n) is 6.46. The molecule has 0 radical (unpaired) electrons. The molecule has 0 bridgehead atoms. The number of anilines is 3. The predicted molar refractivity (Wildman–Crippen MR) is 191 cm³/mol. The molecule has 0 unspecified atom stereocenters. The van der Waals surface area contributed by atoms with Crippen LogP contribution in [0.1, 0.15) is 47.4 Å². The molecule has 17 nitrogen and oxygen atoms in total. The number of benzene rings is 1. The molecule has 1 amide bonds. The van der Waals surface area contributed by atoms with Crippen LogP contribution in [-0.4, -0.2) is 88.7 Å². The number of fused-ring (bicyclic) bond motifs is 2. The Morgan fingerprint density at radius 2 is 1.94 bits per heavy atom. The molecular weight excluding hydrogens is 730 g/mol.